The van der Waals surface area contributed by atoms with Crippen LogP contribution in [0.25, 0.3) is 0 Å². The van der Waals surface area contributed by atoms with Crippen molar-refractivity contribution in [2.24, 2.45) is 11.8 Å². The van der Waals surface area contributed by atoms with Crippen molar-refractivity contribution in [1.29, 1.82) is 0 Å². The molecular formula is C15H28O4. The number of rotatable bonds is 8. The summed E-state index contributed by atoms with van der Waals surface area (Å²) in [5.74, 6) is 0.894. The molecule has 0 saturated carbocycles. The Labute approximate surface area is 116 Å². The summed E-state index contributed by atoms with van der Waals surface area (Å²) in [6.07, 6.45) is 4.56. The Hall–Kier alpha value is -0.160. The minimum absolute atomic E-state index is 0.0469. The summed E-state index contributed by atoms with van der Waals surface area (Å²) in [5.41, 5.74) is -0.752. The lowest BCUT2D eigenvalue weighted by Gasteiger charge is -2.45. The van der Waals surface area contributed by atoms with Crippen molar-refractivity contribution in [1.82, 2.24) is 0 Å². The third-order valence-corrected chi connectivity index (χ3v) is 4.77. The number of aliphatic hydroxyl groups is 2. The maximum Gasteiger partial charge on any atom is 0.0678 e. The third-order valence-electron chi connectivity index (χ3n) is 4.77. The Balaban J connectivity index is 1.89. The van der Waals surface area contributed by atoms with Gasteiger partial charge in [0, 0.05) is 18.4 Å². The highest BCUT2D eigenvalue weighted by Crippen LogP contribution is 2.39. The SMILES string of the molecule is CCC1OCC1CC(O)(CCO)CC1COC1CC. The van der Waals surface area contributed by atoms with Crippen LogP contribution in [0.1, 0.15) is 46.0 Å². The highest BCUT2D eigenvalue weighted by atomic mass is 16.5. The van der Waals surface area contributed by atoms with E-state index in [-0.39, 0.29) is 6.61 Å². The fraction of sp³-hybridized carbons (Fsp3) is 1.00. The van der Waals surface area contributed by atoms with Crippen LogP contribution < -0.4 is 0 Å². The first kappa shape index (κ1) is 15.2. The molecule has 0 bridgehead atoms. The van der Waals surface area contributed by atoms with Crippen molar-refractivity contribution in [2.75, 3.05) is 19.8 Å². The van der Waals surface area contributed by atoms with Gasteiger partial charge < -0.3 is 19.7 Å². The minimum Gasteiger partial charge on any atom is -0.396 e. The predicted octanol–water partition coefficient (Wildman–Crippen LogP) is 1.73. The fourth-order valence-corrected chi connectivity index (χ4v) is 3.49. The molecule has 4 nitrogen and oxygen atoms in total. The molecule has 0 aromatic rings. The molecule has 2 aliphatic rings. The van der Waals surface area contributed by atoms with E-state index in [1.807, 2.05) is 0 Å². The first-order valence-corrected chi connectivity index (χ1v) is 7.68. The highest BCUT2D eigenvalue weighted by Gasteiger charge is 2.43. The van der Waals surface area contributed by atoms with Crippen LogP contribution >= 0.6 is 0 Å². The molecule has 2 saturated heterocycles. The average Bonchev–Trinajstić information content (AvgIpc) is 2.33. The first-order chi connectivity index (χ1) is 9.11. The molecule has 4 unspecified atom stereocenters. The summed E-state index contributed by atoms with van der Waals surface area (Å²) in [7, 11) is 0. The minimum atomic E-state index is -0.752. The maximum atomic E-state index is 10.8. The van der Waals surface area contributed by atoms with Crippen molar-refractivity contribution < 1.29 is 19.7 Å². The van der Waals surface area contributed by atoms with E-state index in [9.17, 15) is 10.2 Å². The van der Waals surface area contributed by atoms with Crippen LogP contribution in [-0.4, -0.2) is 47.8 Å². The molecule has 2 fully saturated rings. The van der Waals surface area contributed by atoms with Gasteiger partial charge in [-0.1, -0.05) is 13.8 Å². The summed E-state index contributed by atoms with van der Waals surface area (Å²) in [5, 5.41) is 20.1. The lowest BCUT2D eigenvalue weighted by molar-refractivity contribution is -0.173. The second-order valence-corrected chi connectivity index (χ2v) is 6.19. The van der Waals surface area contributed by atoms with E-state index in [0.717, 1.165) is 38.9 Å². The van der Waals surface area contributed by atoms with Gasteiger partial charge in [0.25, 0.3) is 0 Å². The highest BCUT2D eigenvalue weighted by molar-refractivity contribution is 4.92. The quantitative estimate of drug-likeness (QED) is 0.706. The number of hydrogen-bond donors (Lipinski definition) is 2. The molecule has 2 heterocycles. The average molecular weight is 272 g/mol. The summed E-state index contributed by atoms with van der Waals surface area (Å²) in [4.78, 5) is 0. The summed E-state index contributed by atoms with van der Waals surface area (Å²) in [6.45, 7) is 5.80. The van der Waals surface area contributed by atoms with E-state index in [0.29, 0.717) is 30.5 Å². The van der Waals surface area contributed by atoms with Crippen LogP contribution in [0.4, 0.5) is 0 Å². The van der Waals surface area contributed by atoms with Gasteiger partial charge in [0.2, 0.25) is 0 Å². The number of hydrogen-bond acceptors (Lipinski definition) is 4. The zero-order valence-electron chi connectivity index (χ0n) is 12.2. The number of ether oxygens (including phenoxy) is 2. The molecule has 0 radical (unpaired) electrons. The van der Waals surface area contributed by atoms with Gasteiger partial charge in [-0.25, -0.2) is 0 Å². The van der Waals surface area contributed by atoms with Crippen LogP contribution in [0.5, 0.6) is 0 Å². The summed E-state index contributed by atoms with van der Waals surface area (Å²) < 4.78 is 11.0. The fourth-order valence-electron chi connectivity index (χ4n) is 3.49. The Morgan fingerprint density at radius 1 is 1.00 bits per heavy atom. The van der Waals surface area contributed by atoms with Crippen molar-refractivity contribution in [3.63, 3.8) is 0 Å². The molecule has 4 heteroatoms. The smallest absolute Gasteiger partial charge is 0.0678 e. The molecule has 0 amide bonds. The van der Waals surface area contributed by atoms with Gasteiger partial charge in [-0.05, 0) is 32.1 Å². The zero-order valence-corrected chi connectivity index (χ0v) is 12.2. The Kier molecular flexibility index (Phi) is 5.23. The van der Waals surface area contributed by atoms with Gasteiger partial charge >= 0.3 is 0 Å². The monoisotopic (exact) mass is 272 g/mol. The van der Waals surface area contributed by atoms with Crippen LogP contribution in [0.3, 0.4) is 0 Å². The van der Waals surface area contributed by atoms with Gasteiger partial charge in [-0.3, -0.25) is 0 Å². The van der Waals surface area contributed by atoms with Crippen LogP contribution in [0.15, 0.2) is 0 Å². The van der Waals surface area contributed by atoms with E-state index >= 15 is 0 Å². The van der Waals surface area contributed by atoms with Gasteiger partial charge in [0.1, 0.15) is 0 Å². The Bertz CT molecular complexity index is 255. The first-order valence-electron chi connectivity index (χ1n) is 7.68. The van der Waals surface area contributed by atoms with Gasteiger partial charge in [-0.2, -0.15) is 0 Å². The largest absolute Gasteiger partial charge is 0.396 e. The van der Waals surface area contributed by atoms with Gasteiger partial charge in [-0.15, -0.1) is 0 Å². The normalized spacial score (nSPS) is 37.3. The summed E-state index contributed by atoms with van der Waals surface area (Å²) >= 11 is 0. The molecule has 112 valence electrons. The van der Waals surface area contributed by atoms with Crippen LogP contribution in [-0.2, 0) is 9.47 Å². The molecule has 4 atom stereocenters. The standard InChI is InChI=1S/C15H28O4/c1-3-13-11(9-18-13)7-15(17,5-6-16)8-12-10-19-14(12)4-2/h11-14,16-17H,3-10H2,1-2H3. The number of aliphatic hydroxyl groups excluding tert-OH is 1. The predicted molar refractivity (Wildman–Crippen MR) is 72.9 cm³/mol. The van der Waals surface area contributed by atoms with Crippen molar-refractivity contribution in [3.05, 3.63) is 0 Å². The molecule has 2 N–H and O–H groups in total. The Morgan fingerprint density at radius 2 is 1.47 bits per heavy atom. The van der Waals surface area contributed by atoms with E-state index < -0.39 is 5.60 Å². The topological polar surface area (TPSA) is 58.9 Å². The van der Waals surface area contributed by atoms with E-state index in [1.165, 1.54) is 0 Å². The second kappa shape index (κ2) is 6.53. The molecule has 0 spiro atoms. The van der Waals surface area contributed by atoms with Crippen molar-refractivity contribution in [3.8, 4) is 0 Å². The lowest BCUT2D eigenvalue weighted by atomic mass is 9.75. The van der Waals surface area contributed by atoms with Crippen molar-refractivity contribution >= 4 is 0 Å². The second-order valence-electron chi connectivity index (χ2n) is 6.19. The molecule has 0 aliphatic carbocycles. The molecule has 0 aromatic heterocycles. The molecular weight excluding hydrogens is 244 g/mol. The zero-order chi connectivity index (χ0) is 13.9. The van der Waals surface area contributed by atoms with E-state index in [2.05, 4.69) is 13.8 Å². The third kappa shape index (κ3) is 3.48. The van der Waals surface area contributed by atoms with E-state index in [4.69, 9.17) is 9.47 Å². The van der Waals surface area contributed by atoms with Crippen LogP contribution in [0.2, 0.25) is 0 Å². The maximum absolute atomic E-state index is 10.8. The van der Waals surface area contributed by atoms with Crippen molar-refractivity contribution in [2.45, 2.75) is 63.8 Å². The van der Waals surface area contributed by atoms with Gasteiger partial charge in [0.15, 0.2) is 0 Å². The summed E-state index contributed by atoms with van der Waals surface area (Å²) in [6, 6.07) is 0. The molecule has 19 heavy (non-hydrogen) atoms. The molecule has 2 aliphatic heterocycles. The van der Waals surface area contributed by atoms with E-state index in [1.54, 1.807) is 0 Å². The van der Waals surface area contributed by atoms with Crippen LogP contribution in [0, 0.1) is 11.8 Å². The lowest BCUT2D eigenvalue weighted by Crippen LogP contribution is -2.49. The molecule has 0 aromatic carbocycles. The van der Waals surface area contributed by atoms with Gasteiger partial charge in [0.05, 0.1) is 31.0 Å². The molecule has 2 rings (SSSR count). The Morgan fingerprint density at radius 3 is 1.74 bits per heavy atom.